The molecule has 1 fully saturated rings. The molecule has 7 heteroatoms. The molecule has 1 atom stereocenters. The predicted molar refractivity (Wildman–Crippen MR) is 150 cm³/mol. The van der Waals surface area contributed by atoms with E-state index in [1.807, 2.05) is 32.0 Å². The number of amides is 1. The summed E-state index contributed by atoms with van der Waals surface area (Å²) in [5.74, 6) is -2.34. The Kier molecular flexibility index (Phi) is 7.63. The molecule has 1 unspecified atom stereocenters. The van der Waals surface area contributed by atoms with E-state index in [0.29, 0.717) is 35.4 Å². The Morgan fingerprint density at radius 3 is 2.21 bits per heavy atom. The number of nitrogens with zero attached hydrogens (tertiary/aromatic N) is 1. The predicted octanol–water partition coefficient (Wildman–Crippen LogP) is 6.19. The second-order valence-corrected chi connectivity index (χ2v) is 10.7. The summed E-state index contributed by atoms with van der Waals surface area (Å²) in [5.41, 5.74) is 3.17. The molecule has 1 aliphatic heterocycles. The van der Waals surface area contributed by atoms with Crippen LogP contribution in [0.5, 0.6) is 5.75 Å². The van der Waals surface area contributed by atoms with Crippen molar-refractivity contribution < 1.29 is 29.3 Å². The molecule has 2 N–H and O–H groups in total. The number of aliphatic hydroxyl groups is 1. The van der Waals surface area contributed by atoms with Gasteiger partial charge >= 0.3 is 5.97 Å². The molecular weight excluding hydrogens is 494 g/mol. The van der Waals surface area contributed by atoms with E-state index in [1.165, 1.54) is 29.2 Å². The lowest BCUT2D eigenvalue weighted by Gasteiger charge is -2.26. The Balaban J connectivity index is 1.87. The highest BCUT2D eigenvalue weighted by Crippen LogP contribution is 2.43. The van der Waals surface area contributed by atoms with Gasteiger partial charge in [0.05, 0.1) is 23.8 Å². The van der Waals surface area contributed by atoms with Gasteiger partial charge in [-0.1, -0.05) is 52.0 Å². The molecule has 3 aromatic carbocycles. The Labute approximate surface area is 228 Å². The van der Waals surface area contributed by atoms with Gasteiger partial charge in [0.1, 0.15) is 11.5 Å². The molecule has 1 aliphatic rings. The quantitative estimate of drug-likeness (QED) is 0.171. The molecule has 0 aromatic heterocycles. The first-order valence-electron chi connectivity index (χ1n) is 12.9. The maximum Gasteiger partial charge on any atom is 0.338 e. The molecule has 1 amide bonds. The third-order valence-electron chi connectivity index (χ3n) is 6.83. The van der Waals surface area contributed by atoms with Gasteiger partial charge in [-0.3, -0.25) is 14.5 Å². The summed E-state index contributed by atoms with van der Waals surface area (Å²) in [6.45, 7) is 10.2. The van der Waals surface area contributed by atoms with E-state index in [4.69, 9.17) is 4.74 Å². The van der Waals surface area contributed by atoms with Crippen molar-refractivity contribution in [1.82, 2.24) is 0 Å². The number of hydrogen-bond donors (Lipinski definition) is 2. The SMILES string of the molecule is CCCOC(=O)c1ccc(N2C(=O)C(=O)/C(=C(/O)c3cc(C(C)(C)C)ccc3C)C2c2ccc(O)cc2)cc1. The highest BCUT2D eigenvalue weighted by molar-refractivity contribution is 6.51. The average Bonchev–Trinajstić information content (AvgIpc) is 3.17. The monoisotopic (exact) mass is 527 g/mol. The third-order valence-corrected chi connectivity index (χ3v) is 6.83. The molecule has 0 aliphatic carbocycles. The Hall–Kier alpha value is -4.39. The lowest BCUT2D eigenvalue weighted by atomic mass is 9.84. The fourth-order valence-electron chi connectivity index (χ4n) is 4.60. The summed E-state index contributed by atoms with van der Waals surface area (Å²) in [6.07, 6.45) is 0.694. The Morgan fingerprint density at radius 2 is 1.62 bits per heavy atom. The first-order valence-corrected chi connectivity index (χ1v) is 12.9. The minimum absolute atomic E-state index is 0.0272. The summed E-state index contributed by atoms with van der Waals surface area (Å²) < 4.78 is 5.19. The molecule has 1 heterocycles. The number of benzene rings is 3. The molecule has 0 radical (unpaired) electrons. The zero-order valence-electron chi connectivity index (χ0n) is 22.8. The minimum Gasteiger partial charge on any atom is -0.508 e. The molecular formula is C32H33NO6. The van der Waals surface area contributed by atoms with E-state index in [0.717, 1.165) is 11.1 Å². The fraction of sp³-hybridized carbons (Fsp3) is 0.281. The lowest BCUT2D eigenvalue weighted by molar-refractivity contribution is -0.132. The van der Waals surface area contributed by atoms with Gasteiger partial charge in [0, 0.05) is 11.3 Å². The molecule has 7 nitrogen and oxygen atoms in total. The van der Waals surface area contributed by atoms with Gasteiger partial charge in [0.25, 0.3) is 11.7 Å². The highest BCUT2D eigenvalue weighted by atomic mass is 16.5. The lowest BCUT2D eigenvalue weighted by Crippen LogP contribution is -2.29. The van der Waals surface area contributed by atoms with Crippen LogP contribution in [0.4, 0.5) is 5.69 Å². The van der Waals surface area contributed by atoms with Crippen molar-refractivity contribution in [2.45, 2.75) is 52.5 Å². The zero-order chi connectivity index (χ0) is 28.5. The summed E-state index contributed by atoms with van der Waals surface area (Å²) in [5, 5.41) is 21.5. The van der Waals surface area contributed by atoms with Crippen LogP contribution in [0.3, 0.4) is 0 Å². The normalized spacial score (nSPS) is 16.9. The third kappa shape index (κ3) is 5.43. The van der Waals surface area contributed by atoms with Gasteiger partial charge < -0.3 is 14.9 Å². The van der Waals surface area contributed by atoms with Crippen LogP contribution in [0.25, 0.3) is 5.76 Å². The van der Waals surface area contributed by atoms with Gasteiger partial charge in [-0.05, 0) is 77.9 Å². The van der Waals surface area contributed by atoms with Crippen LogP contribution in [-0.2, 0) is 19.7 Å². The molecule has 3 aromatic rings. The molecule has 0 bridgehead atoms. The summed E-state index contributed by atoms with van der Waals surface area (Å²) in [7, 11) is 0. The van der Waals surface area contributed by atoms with Crippen molar-refractivity contribution >= 4 is 29.1 Å². The molecule has 0 spiro atoms. The van der Waals surface area contributed by atoms with E-state index in [-0.39, 0.29) is 22.5 Å². The Bertz CT molecular complexity index is 1450. The molecule has 39 heavy (non-hydrogen) atoms. The van der Waals surface area contributed by atoms with Crippen LogP contribution in [0.2, 0.25) is 0 Å². The molecule has 1 saturated heterocycles. The summed E-state index contributed by atoms with van der Waals surface area (Å²) in [6, 6.07) is 17.1. The topological polar surface area (TPSA) is 104 Å². The van der Waals surface area contributed by atoms with E-state index in [9.17, 15) is 24.6 Å². The fourth-order valence-corrected chi connectivity index (χ4v) is 4.60. The number of ether oxygens (including phenoxy) is 1. The van der Waals surface area contributed by atoms with E-state index < -0.39 is 23.7 Å². The maximum absolute atomic E-state index is 13.5. The number of hydrogen-bond acceptors (Lipinski definition) is 6. The Morgan fingerprint density at radius 1 is 0.974 bits per heavy atom. The number of esters is 1. The number of phenolic OH excluding ortho intramolecular Hbond substituents is 1. The van der Waals surface area contributed by atoms with E-state index in [2.05, 4.69) is 20.8 Å². The van der Waals surface area contributed by atoms with E-state index >= 15 is 0 Å². The number of carbonyl (C=O) groups excluding carboxylic acids is 3. The maximum atomic E-state index is 13.5. The summed E-state index contributed by atoms with van der Waals surface area (Å²) >= 11 is 0. The van der Waals surface area contributed by atoms with Gasteiger partial charge in [-0.2, -0.15) is 0 Å². The number of aliphatic hydroxyl groups excluding tert-OH is 1. The van der Waals surface area contributed by atoms with Crippen molar-refractivity contribution in [3.63, 3.8) is 0 Å². The van der Waals surface area contributed by atoms with Gasteiger partial charge in [-0.15, -0.1) is 0 Å². The number of Topliss-reactive ketones (excluding diaryl/α,β-unsaturated/α-hetero) is 1. The zero-order valence-corrected chi connectivity index (χ0v) is 22.8. The number of ketones is 1. The number of rotatable bonds is 6. The van der Waals surface area contributed by atoms with Gasteiger partial charge in [-0.25, -0.2) is 4.79 Å². The average molecular weight is 528 g/mol. The van der Waals surface area contributed by atoms with Crippen LogP contribution < -0.4 is 4.90 Å². The van der Waals surface area contributed by atoms with Crippen molar-refractivity contribution in [3.05, 3.63) is 100 Å². The second kappa shape index (κ2) is 10.8. The molecule has 4 rings (SSSR count). The molecule has 202 valence electrons. The highest BCUT2D eigenvalue weighted by Gasteiger charge is 2.47. The standard InChI is InChI=1S/C32H33NO6/c1-6-17-39-31(38)21-8-13-23(14-9-21)33-27(20-10-15-24(34)16-11-20)26(29(36)30(33)37)28(35)25-18-22(32(3,4)5)12-7-19(25)2/h7-16,18,27,34-35H,6,17H2,1-5H3/b28-26+. The molecule has 0 saturated carbocycles. The number of carbonyl (C=O) groups is 3. The van der Waals surface area contributed by atoms with Crippen molar-refractivity contribution in [2.75, 3.05) is 11.5 Å². The number of aromatic hydroxyl groups is 1. The van der Waals surface area contributed by atoms with Crippen molar-refractivity contribution in [3.8, 4) is 5.75 Å². The largest absolute Gasteiger partial charge is 0.508 e. The smallest absolute Gasteiger partial charge is 0.338 e. The van der Waals surface area contributed by atoms with Crippen LogP contribution in [0.15, 0.2) is 72.3 Å². The first-order chi connectivity index (χ1) is 18.4. The number of aryl methyl sites for hydroxylation is 1. The van der Waals surface area contributed by atoms with Crippen LogP contribution >= 0.6 is 0 Å². The van der Waals surface area contributed by atoms with Gasteiger partial charge in [0.2, 0.25) is 0 Å². The van der Waals surface area contributed by atoms with Crippen LogP contribution in [0.1, 0.15) is 72.8 Å². The number of phenols is 1. The summed E-state index contributed by atoms with van der Waals surface area (Å²) in [4.78, 5) is 40.6. The van der Waals surface area contributed by atoms with Crippen molar-refractivity contribution in [1.29, 1.82) is 0 Å². The number of anilines is 1. The minimum atomic E-state index is -0.957. The van der Waals surface area contributed by atoms with E-state index in [1.54, 1.807) is 24.3 Å². The van der Waals surface area contributed by atoms with Gasteiger partial charge in [0.15, 0.2) is 0 Å². The first kappa shape index (κ1) is 27.6. The van der Waals surface area contributed by atoms with Crippen LogP contribution in [-0.4, -0.2) is 34.5 Å². The van der Waals surface area contributed by atoms with Crippen molar-refractivity contribution in [2.24, 2.45) is 0 Å². The van der Waals surface area contributed by atoms with Crippen LogP contribution in [0, 0.1) is 6.92 Å². The second-order valence-electron chi connectivity index (χ2n) is 10.7.